The molecule has 1 aromatic carbocycles. The van der Waals surface area contributed by atoms with Crippen molar-refractivity contribution >= 4 is 0 Å². The zero-order valence-electron chi connectivity index (χ0n) is 18.6. The van der Waals surface area contributed by atoms with E-state index in [1.807, 2.05) is 87.4 Å². The van der Waals surface area contributed by atoms with Crippen molar-refractivity contribution < 1.29 is 0 Å². The molecule has 0 saturated heterocycles. The van der Waals surface area contributed by atoms with E-state index in [0.717, 1.165) is 6.54 Å². The SMILES string of the molecule is CC.CC.CC.CC.CC.CC(C)(C)NNCc1ccccc1. The van der Waals surface area contributed by atoms with E-state index in [9.17, 15) is 0 Å². The molecule has 0 radical (unpaired) electrons. The van der Waals surface area contributed by atoms with Crippen molar-refractivity contribution in [3.8, 4) is 0 Å². The van der Waals surface area contributed by atoms with E-state index in [0.29, 0.717) is 0 Å². The zero-order valence-corrected chi connectivity index (χ0v) is 18.6. The number of hydrazine groups is 1. The Bertz CT molecular complexity index is 238. The monoisotopic (exact) mass is 328 g/mol. The Hall–Kier alpha value is -0.860. The summed E-state index contributed by atoms with van der Waals surface area (Å²) in [4.78, 5) is 0. The molecule has 0 unspecified atom stereocenters. The maximum absolute atomic E-state index is 3.22. The Morgan fingerprint density at radius 3 is 1.30 bits per heavy atom. The molecule has 0 aliphatic carbocycles. The number of hydrogen-bond acceptors (Lipinski definition) is 2. The summed E-state index contributed by atoms with van der Waals surface area (Å²) in [6.45, 7) is 27.2. The highest BCUT2D eigenvalue weighted by atomic mass is 15.4. The highest BCUT2D eigenvalue weighted by molar-refractivity contribution is 5.14. The van der Waals surface area contributed by atoms with Crippen molar-refractivity contribution in [2.45, 2.75) is 102 Å². The Morgan fingerprint density at radius 2 is 1.00 bits per heavy atom. The Balaban J connectivity index is -0.0000000923. The van der Waals surface area contributed by atoms with Crippen molar-refractivity contribution in [2.75, 3.05) is 0 Å². The van der Waals surface area contributed by atoms with E-state index in [1.165, 1.54) is 5.56 Å². The minimum absolute atomic E-state index is 0.120. The molecular formula is C21H48N2. The highest BCUT2D eigenvalue weighted by Crippen LogP contribution is 1.99. The Labute approximate surface area is 149 Å². The summed E-state index contributed by atoms with van der Waals surface area (Å²) in [6, 6.07) is 10.3. The van der Waals surface area contributed by atoms with Crippen molar-refractivity contribution in [3.63, 3.8) is 0 Å². The minimum Gasteiger partial charge on any atom is -0.253 e. The molecule has 0 aromatic heterocycles. The van der Waals surface area contributed by atoms with Gasteiger partial charge in [-0.15, -0.1) is 0 Å². The molecule has 1 rings (SSSR count). The molecular weight excluding hydrogens is 280 g/mol. The van der Waals surface area contributed by atoms with Crippen LogP contribution in [0.3, 0.4) is 0 Å². The molecule has 23 heavy (non-hydrogen) atoms. The number of nitrogens with one attached hydrogen (secondary N) is 2. The first-order chi connectivity index (χ1) is 11.1. The van der Waals surface area contributed by atoms with Crippen molar-refractivity contribution in [1.29, 1.82) is 0 Å². The van der Waals surface area contributed by atoms with E-state index in [1.54, 1.807) is 0 Å². The zero-order chi connectivity index (χ0) is 19.7. The standard InChI is InChI=1S/C11H18N2.5C2H6/c1-11(2,3)13-12-9-10-7-5-4-6-8-10;5*1-2/h4-8,12-13H,9H2,1-3H3;5*1-2H3. The van der Waals surface area contributed by atoms with Crippen molar-refractivity contribution in [3.05, 3.63) is 35.9 Å². The molecule has 0 aliphatic rings. The van der Waals surface area contributed by atoms with Crippen LogP contribution in [0.2, 0.25) is 0 Å². The second kappa shape index (κ2) is 32.9. The largest absolute Gasteiger partial charge is 0.253 e. The Kier molecular flexibility index (Phi) is 48.2. The van der Waals surface area contributed by atoms with Crippen LogP contribution in [-0.4, -0.2) is 5.54 Å². The van der Waals surface area contributed by atoms with Gasteiger partial charge in [-0.2, -0.15) is 0 Å². The van der Waals surface area contributed by atoms with Gasteiger partial charge in [0.15, 0.2) is 0 Å². The first kappa shape index (κ1) is 33.7. The van der Waals surface area contributed by atoms with E-state index in [4.69, 9.17) is 0 Å². The van der Waals surface area contributed by atoms with Crippen LogP contribution in [0.15, 0.2) is 30.3 Å². The van der Waals surface area contributed by atoms with Crippen LogP contribution in [0.1, 0.15) is 95.6 Å². The van der Waals surface area contributed by atoms with E-state index in [-0.39, 0.29) is 5.54 Å². The van der Waals surface area contributed by atoms with Gasteiger partial charge in [0, 0.05) is 12.1 Å². The lowest BCUT2D eigenvalue weighted by Gasteiger charge is -2.21. The van der Waals surface area contributed by atoms with Gasteiger partial charge in [-0.3, -0.25) is 10.9 Å². The van der Waals surface area contributed by atoms with Crippen LogP contribution in [0, 0.1) is 0 Å². The fourth-order valence-electron chi connectivity index (χ4n) is 1.01. The smallest absolute Gasteiger partial charge is 0.0351 e. The average Bonchev–Trinajstić information content (AvgIpc) is 2.63. The molecule has 1 aromatic rings. The molecule has 0 fully saturated rings. The average molecular weight is 329 g/mol. The first-order valence-electron chi connectivity index (χ1n) is 9.62. The van der Waals surface area contributed by atoms with Gasteiger partial charge in [0.05, 0.1) is 0 Å². The maximum Gasteiger partial charge on any atom is 0.0351 e. The molecule has 2 heteroatoms. The molecule has 0 heterocycles. The highest BCUT2D eigenvalue weighted by Gasteiger charge is 2.06. The lowest BCUT2D eigenvalue weighted by atomic mass is 10.1. The van der Waals surface area contributed by atoms with Crippen LogP contribution < -0.4 is 10.9 Å². The summed E-state index contributed by atoms with van der Waals surface area (Å²) in [5.41, 5.74) is 7.82. The van der Waals surface area contributed by atoms with Crippen LogP contribution in [-0.2, 0) is 6.54 Å². The van der Waals surface area contributed by atoms with Gasteiger partial charge in [0.2, 0.25) is 0 Å². The van der Waals surface area contributed by atoms with Gasteiger partial charge in [-0.1, -0.05) is 99.6 Å². The molecule has 0 bridgehead atoms. The molecule has 2 N–H and O–H groups in total. The molecule has 0 aliphatic heterocycles. The summed E-state index contributed by atoms with van der Waals surface area (Å²) in [5, 5.41) is 0. The third-order valence-electron chi connectivity index (χ3n) is 1.60. The maximum atomic E-state index is 3.22. The molecule has 0 saturated carbocycles. The first-order valence-corrected chi connectivity index (χ1v) is 9.62. The summed E-state index contributed by atoms with van der Waals surface area (Å²) >= 11 is 0. The summed E-state index contributed by atoms with van der Waals surface area (Å²) in [7, 11) is 0. The second-order valence-electron chi connectivity index (χ2n) is 4.21. The number of rotatable bonds is 3. The van der Waals surface area contributed by atoms with Crippen LogP contribution in [0.25, 0.3) is 0 Å². The topological polar surface area (TPSA) is 24.1 Å². The lowest BCUT2D eigenvalue weighted by Crippen LogP contribution is -2.45. The van der Waals surface area contributed by atoms with Gasteiger partial charge >= 0.3 is 0 Å². The van der Waals surface area contributed by atoms with Crippen LogP contribution in [0.4, 0.5) is 0 Å². The second-order valence-corrected chi connectivity index (χ2v) is 4.21. The fraction of sp³-hybridized carbons (Fsp3) is 0.714. The summed E-state index contributed by atoms with van der Waals surface area (Å²) in [5.74, 6) is 0. The van der Waals surface area contributed by atoms with E-state index in [2.05, 4.69) is 43.8 Å². The number of benzene rings is 1. The summed E-state index contributed by atoms with van der Waals surface area (Å²) in [6.07, 6.45) is 0. The Morgan fingerprint density at radius 1 is 0.652 bits per heavy atom. The molecule has 0 atom stereocenters. The van der Waals surface area contributed by atoms with Crippen LogP contribution >= 0.6 is 0 Å². The van der Waals surface area contributed by atoms with Crippen molar-refractivity contribution in [1.82, 2.24) is 10.9 Å². The van der Waals surface area contributed by atoms with Crippen molar-refractivity contribution in [2.24, 2.45) is 0 Å². The third-order valence-corrected chi connectivity index (χ3v) is 1.60. The number of hydrogen-bond donors (Lipinski definition) is 2. The van der Waals surface area contributed by atoms with Gasteiger partial charge in [0.25, 0.3) is 0 Å². The molecule has 142 valence electrons. The minimum atomic E-state index is 0.120. The molecule has 0 amide bonds. The van der Waals surface area contributed by atoms with E-state index >= 15 is 0 Å². The van der Waals surface area contributed by atoms with Crippen LogP contribution in [0.5, 0.6) is 0 Å². The molecule has 0 spiro atoms. The van der Waals surface area contributed by atoms with E-state index < -0.39 is 0 Å². The third kappa shape index (κ3) is 38.7. The predicted octanol–water partition coefficient (Wildman–Crippen LogP) is 7.21. The lowest BCUT2D eigenvalue weighted by molar-refractivity contribution is 0.355. The van der Waals surface area contributed by atoms with Gasteiger partial charge in [-0.25, -0.2) is 0 Å². The quantitative estimate of drug-likeness (QED) is 0.573. The van der Waals surface area contributed by atoms with Gasteiger partial charge < -0.3 is 0 Å². The van der Waals surface area contributed by atoms with Gasteiger partial charge in [-0.05, 0) is 26.3 Å². The normalized spacial score (nSPS) is 7.87. The van der Waals surface area contributed by atoms with Gasteiger partial charge in [0.1, 0.15) is 0 Å². The fourth-order valence-corrected chi connectivity index (χ4v) is 1.01. The summed E-state index contributed by atoms with van der Waals surface area (Å²) < 4.78 is 0. The predicted molar refractivity (Wildman–Crippen MR) is 113 cm³/mol. The molecule has 2 nitrogen and oxygen atoms in total.